The zero-order valence-corrected chi connectivity index (χ0v) is 15.2. The molecule has 0 saturated heterocycles. The van der Waals surface area contributed by atoms with Crippen LogP contribution in [0, 0.1) is 12.5 Å². The molecule has 0 fully saturated rings. The van der Waals surface area contributed by atoms with Gasteiger partial charge in [-0.1, -0.05) is 55.0 Å². The molecule has 0 N–H and O–H groups in total. The van der Waals surface area contributed by atoms with Gasteiger partial charge in [-0.25, -0.2) is 10.2 Å². The minimum atomic E-state index is 0. The normalized spacial score (nSPS) is 9.76. The van der Waals surface area contributed by atoms with E-state index in [-0.39, 0.29) is 18.6 Å². The second-order valence-electron chi connectivity index (χ2n) is 5.40. The predicted molar refractivity (Wildman–Crippen MR) is 94.4 cm³/mol. The van der Waals surface area contributed by atoms with Crippen LogP contribution in [-0.2, 0) is 31.4 Å². The molecule has 0 aliphatic heterocycles. The SMILES string of the molecule is [V+2].[c-]1ccc2ccccc2c1.[c-]1nnc(CCCc2ccccc2)o1. The predicted octanol–water partition coefficient (Wildman–Crippen LogP) is 4.68. The molecule has 0 aliphatic carbocycles. The van der Waals surface area contributed by atoms with Crippen molar-refractivity contribution in [2.75, 3.05) is 0 Å². The minimum Gasteiger partial charge on any atom is -0.613 e. The zero-order chi connectivity index (χ0) is 16.5. The van der Waals surface area contributed by atoms with Crippen molar-refractivity contribution in [1.29, 1.82) is 0 Å². The van der Waals surface area contributed by atoms with E-state index in [9.17, 15) is 0 Å². The molecule has 0 aliphatic rings. The van der Waals surface area contributed by atoms with Crippen LogP contribution in [0.3, 0.4) is 0 Å². The first-order valence-corrected chi connectivity index (χ1v) is 7.99. The molecule has 0 amide bonds. The molecule has 3 aromatic carbocycles. The number of hydrogen-bond acceptors (Lipinski definition) is 3. The molecule has 4 heteroatoms. The fourth-order valence-corrected chi connectivity index (χ4v) is 2.43. The van der Waals surface area contributed by atoms with Gasteiger partial charge < -0.3 is 4.42 Å². The summed E-state index contributed by atoms with van der Waals surface area (Å²) >= 11 is 0. The van der Waals surface area contributed by atoms with E-state index in [1.54, 1.807) is 0 Å². The first-order valence-electron chi connectivity index (χ1n) is 7.99. The Bertz CT molecular complexity index is 783. The van der Waals surface area contributed by atoms with E-state index in [0.717, 1.165) is 19.3 Å². The maximum atomic E-state index is 4.92. The van der Waals surface area contributed by atoms with Gasteiger partial charge in [0.1, 0.15) is 0 Å². The van der Waals surface area contributed by atoms with E-state index >= 15 is 0 Å². The first-order chi connectivity index (χ1) is 11.9. The van der Waals surface area contributed by atoms with Crippen molar-refractivity contribution in [2.45, 2.75) is 19.3 Å². The van der Waals surface area contributed by atoms with E-state index in [2.05, 4.69) is 65.1 Å². The molecule has 0 atom stereocenters. The molecule has 3 nitrogen and oxygen atoms in total. The number of aryl methyl sites for hydroxylation is 2. The maximum absolute atomic E-state index is 4.92. The molecule has 0 saturated carbocycles. The molecule has 1 heterocycles. The van der Waals surface area contributed by atoms with Gasteiger partial charge in [0, 0.05) is 0 Å². The molecule has 4 aromatic rings. The second kappa shape index (κ2) is 10.5. The molecule has 1 radical (unpaired) electrons. The van der Waals surface area contributed by atoms with Crippen LogP contribution in [-0.4, -0.2) is 10.2 Å². The summed E-state index contributed by atoms with van der Waals surface area (Å²) in [6.45, 7) is 0. The Morgan fingerprint density at radius 1 is 0.840 bits per heavy atom. The Hall–Kier alpha value is -2.36. The average molecular weight is 365 g/mol. The summed E-state index contributed by atoms with van der Waals surface area (Å²) in [7, 11) is 0. The third-order valence-electron chi connectivity index (χ3n) is 3.66. The Kier molecular flexibility index (Phi) is 7.97. The van der Waals surface area contributed by atoms with Gasteiger partial charge in [-0.2, -0.15) is 24.3 Å². The third-order valence-corrected chi connectivity index (χ3v) is 3.66. The monoisotopic (exact) mass is 365 g/mol. The molecule has 0 spiro atoms. The van der Waals surface area contributed by atoms with Gasteiger partial charge in [0.05, 0.1) is 12.3 Å². The topological polar surface area (TPSA) is 38.9 Å². The van der Waals surface area contributed by atoms with Gasteiger partial charge in [-0.3, -0.25) is 0 Å². The van der Waals surface area contributed by atoms with Crippen molar-refractivity contribution < 1.29 is 23.0 Å². The van der Waals surface area contributed by atoms with Gasteiger partial charge in [0.25, 0.3) is 0 Å². The largest absolute Gasteiger partial charge is 2.00 e. The summed E-state index contributed by atoms with van der Waals surface area (Å²) in [5.41, 5.74) is 1.34. The fraction of sp³-hybridized carbons (Fsp3) is 0.143. The van der Waals surface area contributed by atoms with Crippen LogP contribution < -0.4 is 0 Å². The van der Waals surface area contributed by atoms with Crippen molar-refractivity contribution in [3.8, 4) is 0 Å². The maximum Gasteiger partial charge on any atom is 2.00 e. The molecule has 25 heavy (non-hydrogen) atoms. The smallest absolute Gasteiger partial charge is 0.613 e. The van der Waals surface area contributed by atoms with Gasteiger partial charge in [-0.15, -0.1) is 16.8 Å². The van der Waals surface area contributed by atoms with Gasteiger partial charge in [-0.05, 0) is 18.4 Å². The second-order valence-corrected chi connectivity index (χ2v) is 5.40. The van der Waals surface area contributed by atoms with Crippen LogP contribution in [0.15, 0.2) is 77.2 Å². The Morgan fingerprint density at radius 2 is 1.60 bits per heavy atom. The summed E-state index contributed by atoms with van der Waals surface area (Å²) in [6, 6.07) is 27.7. The number of benzene rings is 3. The molecule has 0 unspecified atom stereocenters. The number of rotatable bonds is 4. The van der Waals surface area contributed by atoms with Gasteiger partial charge in [0.2, 0.25) is 0 Å². The van der Waals surface area contributed by atoms with Crippen molar-refractivity contribution >= 4 is 10.8 Å². The number of hydrogen-bond donors (Lipinski definition) is 0. The molecule has 1 aromatic heterocycles. The summed E-state index contributed by atoms with van der Waals surface area (Å²) in [5.74, 6) is 0.668. The minimum absolute atomic E-state index is 0. The summed E-state index contributed by atoms with van der Waals surface area (Å²) in [5, 5.41) is 9.81. The van der Waals surface area contributed by atoms with E-state index < -0.39 is 0 Å². The van der Waals surface area contributed by atoms with Gasteiger partial charge in [0.15, 0.2) is 0 Å². The summed E-state index contributed by atoms with van der Waals surface area (Å²) < 4.78 is 4.92. The van der Waals surface area contributed by atoms with Crippen LogP contribution in [0.4, 0.5) is 0 Å². The van der Waals surface area contributed by atoms with E-state index in [1.165, 1.54) is 16.3 Å². The zero-order valence-electron chi connectivity index (χ0n) is 13.8. The third kappa shape index (κ3) is 6.22. The number of nitrogens with zero attached hydrogens (tertiary/aromatic N) is 2. The molecule has 0 bridgehead atoms. The summed E-state index contributed by atoms with van der Waals surface area (Å²) in [6.07, 6.45) is 5.24. The Balaban J connectivity index is 0.000000182. The molecule has 4 rings (SSSR count). The average Bonchev–Trinajstić information content (AvgIpc) is 3.17. The first kappa shape index (κ1) is 19.0. The van der Waals surface area contributed by atoms with Crippen molar-refractivity contribution in [3.63, 3.8) is 0 Å². The standard InChI is InChI=1S/C11H11N2O.C10H7.V/c1-2-5-10(6-3-1)7-4-8-11-13-12-9-14-11;1-2-6-10-8-4-3-7-9(10)5-1;/h1-3,5-6H,4,7-8H2;1-3,5-8H;/q2*-1;+2. The Morgan fingerprint density at radius 3 is 2.32 bits per heavy atom. The molecule has 123 valence electrons. The van der Waals surface area contributed by atoms with Crippen LogP contribution in [0.1, 0.15) is 17.9 Å². The number of fused-ring (bicyclic) bond motifs is 1. The van der Waals surface area contributed by atoms with Crippen molar-refractivity contribution in [3.05, 3.63) is 96.7 Å². The van der Waals surface area contributed by atoms with Crippen LogP contribution in [0.5, 0.6) is 0 Å². The van der Waals surface area contributed by atoms with Crippen molar-refractivity contribution in [2.24, 2.45) is 0 Å². The van der Waals surface area contributed by atoms with Crippen LogP contribution in [0.2, 0.25) is 0 Å². The van der Waals surface area contributed by atoms with Crippen LogP contribution in [0.25, 0.3) is 10.8 Å². The quantitative estimate of drug-likeness (QED) is 0.493. The number of aromatic nitrogens is 2. The van der Waals surface area contributed by atoms with Crippen LogP contribution >= 0.6 is 0 Å². The molecular formula is C21H18N2OV. The van der Waals surface area contributed by atoms with Gasteiger partial charge >= 0.3 is 18.6 Å². The van der Waals surface area contributed by atoms with E-state index in [1.807, 2.05) is 30.3 Å². The Labute approximate surface area is 160 Å². The molecular weight excluding hydrogens is 347 g/mol. The fourth-order valence-electron chi connectivity index (χ4n) is 2.43. The van der Waals surface area contributed by atoms with E-state index in [4.69, 9.17) is 4.42 Å². The van der Waals surface area contributed by atoms with E-state index in [0.29, 0.717) is 5.89 Å². The van der Waals surface area contributed by atoms with Crippen molar-refractivity contribution in [1.82, 2.24) is 10.2 Å². The summed E-state index contributed by atoms with van der Waals surface area (Å²) in [4.78, 5) is 0.